The molecule has 1 saturated carbocycles. The fraction of sp³-hybridized carbons (Fsp3) is 0.562. The molecule has 1 aromatic rings. The van der Waals surface area contributed by atoms with Crippen LogP contribution in [0.15, 0.2) is 30.3 Å². The summed E-state index contributed by atoms with van der Waals surface area (Å²) in [6.45, 7) is 1.17. The summed E-state index contributed by atoms with van der Waals surface area (Å²) in [4.78, 5) is 14.3. The Morgan fingerprint density at radius 2 is 1.84 bits per heavy atom. The number of carbonyl (C=O) groups is 1. The summed E-state index contributed by atoms with van der Waals surface area (Å²) in [6.07, 6.45) is 6.54. The van der Waals surface area contributed by atoms with E-state index in [2.05, 4.69) is 17.0 Å². The van der Waals surface area contributed by atoms with Gasteiger partial charge in [0.1, 0.15) is 0 Å². The Hall–Kier alpha value is -1.35. The van der Waals surface area contributed by atoms with Crippen LogP contribution < -0.4 is 5.73 Å². The lowest BCUT2D eigenvalue weighted by atomic mass is 9.93. The van der Waals surface area contributed by atoms with E-state index in [0.717, 1.165) is 19.4 Å². The first-order chi connectivity index (χ1) is 9.31. The molecule has 3 heteroatoms. The first-order valence-corrected chi connectivity index (χ1v) is 7.34. The highest BCUT2D eigenvalue weighted by atomic mass is 16.2. The number of amides is 1. The minimum absolute atomic E-state index is 0.207. The Labute approximate surface area is 115 Å². The average Bonchev–Trinajstić information content (AvgIpc) is 2.47. The molecule has 2 rings (SSSR count). The van der Waals surface area contributed by atoms with Crippen LogP contribution in [0.2, 0.25) is 0 Å². The number of nitrogens with zero attached hydrogens (tertiary/aromatic N) is 1. The van der Waals surface area contributed by atoms with Crippen molar-refractivity contribution in [1.29, 1.82) is 0 Å². The molecule has 1 aromatic carbocycles. The van der Waals surface area contributed by atoms with E-state index in [9.17, 15) is 4.79 Å². The summed E-state index contributed by atoms with van der Waals surface area (Å²) < 4.78 is 0. The molecular weight excluding hydrogens is 236 g/mol. The summed E-state index contributed by atoms with van der Waals surface area (Å²) in [6, 6.07) is 10.7. The number of hydrogen-bond acceptors (Lipinski definition) is 2. The van der Waals surface area contributed by atoms with Crippen molar-refractivity contribution < 1.29 is 4.79 Å². The maximum atomic E-state index is 12.3. The molecule has 0 aliphatic heterocycles. The van der Waals surface area contributed by atoms with Crippen LogP contribution in [0.4, 0.5) is 0 Å². The van der Waals surface area contributed by atoms with Crippen LogP contribution in [-0.2, 0) is 11.3 Å². The van der Waals surface area contributed by atoms with Crippen molar-refractivity contribution >= 4 is 5.91 Å². The fourth-order valence-electron chi connectivity index (χ4n) is 2.86. The van der Waals surface area contributed by atoms with Crippen LogP contribution in [-0.4, -0.2) is 23.4 Å². The zero-order valence-electron chi connectivity index (χ0n) is 11.6. The van der Waals surface area contributed by atoms with Crippen molar-refractivity contribution in [2.45, 2.75) is 51.1 Å². The monoisotopic (exact) mass is 260 g/mol. The van der Waals surface area contributed by atoms with Crippen LogP contribution in [0.5, 0.6) is 0 Å². The van der Waals surface area contributed by atoms with Crippen LogP contribution in [0.25, 0.3) is 0 Å². The number of rotatable bonds is 5. The first-order valence-electron chi connectivity index (χ1n) is 7.34. The lowest BCUT2D eigenvalue weighted by molar-refractivity contribution is -0.134. The number of nitrogens with two attached hydrogens (primary N) is 1. The van der Waals surface area contributed by atoms with Gasteiger partial charge in [-0.1, -0.05) is 49.6 Å². The summed E-state index contributed by atoms with van der Waals surface area (Å²) in [5.74, 6) is 0.207. The summed E-state index contributed by atoms with van der Waals surface area (Å²) in [5, 5.41) is 0. The second kappa shape index (κ2) is 7.29. The molecule has 2 N–H and O–H groups in total. The van der Waals surface area contributed by atoms with Crippen LogP contribution >= 0.6 is 0 Å². The molecule has 1 aliphatic rings. The molecule has 1 amide bonds. The zero-order valence-corrected chi connectivity index (χ0v) is 11.6. The Kier molecular flexibility index (Phi) is 5.40. The summed E-state index contributed by atoms with van der Waals surface area (Å²) in [5.41, 5.74) is 6.75. The van der Waals surface area contributed by atoms with Gasteiger partial charge in [0.05, 0.1) is 0 Å². The summed E-state index contributed by atoms with van der Waals surface area (Å²) >= 11 is 0. The van der Waals surface area contributed by atoms with Gasteiger partial charge in [-0.2, -0.15) is 0 Å². The van der Waals surface area contributed by atoms with Gasteiger partial charge in [0.15, 0.2) is 0 Å². The SMILES string of the molecule is NCCC(=O)N(Cc1ccccc1)C1CCCCC1. The predicted octanol–water partition coefficient (Wildman–Crippen LogP) is 2.70. The van der Waals surface area contributed by atoms with E-state index in [0.29, 0.717) is 19.0 Å². The third kappa shape index (κ3) is 4.06. The quantitative estimate of drug-likeness (QED) is 0.884. The molecule has 104 valence electrons. The van der Waals surface area contributed by atoms with E-state index in [4.69, 9.17) is 5.73 Å². The molecule has 0 saturated heterocycles. The normalized spacial score (nSPS) is 16.3. The third-order valence-corrected chi connectivity index (χ3v) is 3.89. The number of carbonyl (C=O) groups excluding carboxylic acids is 1. The van der Waals surface area contributed by atoms with Crippen molar-refractivity contribution in [3.05, 3.63) is 35.9 Å². The van der Waals surface area contributed by atoms with Gasteiger partial charge in [0.25, 0.3) is 0 Å². The van der Waals surface area contributed by atoms with Gasteiger partial charge in [-0.25, -0.2) is 0 Å². The Morgan fingerprint density at radius 1 is 1.16 bits per heavy atom. The molecule has 1 aliphatic carbocycles. The van der Waals surface area contributed by atoms with Crippen molar-refractivity contribution in [1.82, 2.24) is 4.90 Å². The molecule has 0 atom stereocenters. The fourth-order valence-corrected chi connectivity index (χ4v) is 2.86. The standard InChI is InChI=1S/C16H24N2O/c17-12-11-16(19)18(15-9-5-2-6-10-15)13-14-7-3-1-4-8-14/h1,3-4,7-8,15H,2,5-6,9-13,17H2. The highest BCUT2D eigenvalue weighted by Gasteiger charge is 2.24. The summed E-state index contributed by atoms with van der Waals surface area (Å²) in [7, 11) is 0. The van der Waals surface area contributed by atoms with E-state index < -0.39 is 0 Å². The average molecular weight is 260 g/mol. The van der Waals surface area contributed by atoms with E-state index in [-0.39, 0.29) is 5.91 Å². The van der Waals surface area contributed by atoms with Crippen molar-refractivity contribution in [2.24, 2.45) is 5.73 Å². The Morgan fingerprint density at radius 3 is 2.47 bits per heavy atom. The molecule has 0 unspecified atom stereocenters. The molecular formula is C16H24N2O. The third-order valence-electron chi connectivity index (χ3n) is 3.89. The molecule has 0 spiro atoms. The maximum absolute atomic E-state index is 12.3. The number of benzene rings is 1. The van der Waals surface area contributed by atoms with Crippen LogP contribution in [0.3, 0.4) is 0 Å². The van der Waals surface area contributed by atoms with E-state index in [1.165, 1.54) is 24.8 Å². The van der Waals surface area contributed by atoms with Crippen molar-refractivity contribution in [3.63, 3.8) is 0 Å². The zero-order chi connectivity index (χ0) is 13.5. The maximum Gasteiger partial charge on any atom is 0.224 e. The molecule has 19 heavy (non-hydrogen) atoms. The van der Waals surface area contributed by atoms with Crippen LogP contribution in [0, 0.1) is 0 Å². The Bertz CT molecular complexity index is 385. The highest BCUT2D eigenvalue weighted by molar-refractivity contribution is 5.76. The predicted molar refractivity (Wildman–Crippen MR) is 77.5 cm³/mol. The topological polar surface area (TPSA) is 46.3 Å². The van der Waals surface area contributed by atoms with E-state index >= 15 is 0 Å². The second-order valence-electron chi connectivity index (χ2n) is 5.34. The Balaban J connectivity index is 2.06. The largest absolute Gasteiger partial charge is 0.335 e. The van der Waals surface area contributed by atoms with Gasteiger partial charge in [-0.3, -0.25) is 4.79 Å². The van der Waals surface area contributed by atoms with Gasteiger partial charge in [-0.05, 0) is 18.4 Å². The lowest BCUT2D eigenvalue weighted by Gasteiger charge is -2.34. The lowest BCUT2D eigenvalue weighted by Crippen LogP contribution is -2.41. The van der Waals surface area contributed by atoms with Gasteiger partial charge < -0.3 is 10.6 Å². The highest BCUT2D eigenvalue weighted by Crippen LogP contribution is 2.24. The number of hydrogen-bond donors (Lipinski definition) is 1. The van der Waals surface area contributed by atoms with Gasteiger partial charge >= 0.3 is 0 Å². The smallest absolute Gasteiger partial charge is 0.224 e. The molecule has 0 bridgehead atoms. The van der Waals surface area contributed by atoms with Gasteiger partial charge in [0.2, 0.25) is 5.91 Å². The minimum Gasteiger partial charge on any atom is -0.335 e. The van der Waals surface area contributed by atoms with Crippen molar-refractivity contribution in [3.8, 4) is 0 Å². The minimum atomic E-state index is 0.207. The molecule has 0 heterocycles. The molecule has 0 radical (unpaired) electrons. The first kappa shape index (κ1) is 14.1. The van der Waals surface area contributed by atoms with Crippen molar-refractivity contribution in [2.75, 3.05) is 6.54 Å². The molecule has 1 fully saturated rings. The van der Waals surface area contributed by atoms with Gasteiger partial charge in [0, 0.05) is 25.6 Å². The molecule has 3 nitrogen and oxygen atoms in total. The van der Waals surface area contributed by atoms with E-state index in [1.807, 2.05) is 18.2 Å². The molecule has 0 aromatic heterocycles. The second-order valence-corrected chi connectivity index (χ2v) is 5.34. The van der Waals surface area contributed by atoms with E-state index in [1.54, 1.807) is 0 Å². The van der Waals surface area contributed by atoms with Gasteiger partial charge in [-0.15, -0.1) is 0 Å². The van der Waals surface area contributed by atoms with Crippen LogP contribution in [0.1, 0.15) is 44.1 Å².